The van der Waals surface area contributed by atoms with Gasteiger partial charge in [0.15, 0.2) is 6.61 Å². The summed E-state index contributed by atoms with van der Waals surface area (Å²) in [5.74, 6) is 0.291. The van der Waals surface area contributed by atoms with Gasteiger partial charge < -0.3 is 19.1 Å². The Morgan fingerprint density at radius 1 is 1.00 bits per heavy atom. The number of hydrogen-bond donors (Lipinski definition) is 0. The minimum Gasteiger partial charge on any atom is -0.484 e. The van der Waals surface area contributed by atoms with Gasteiger partial charge in [-0.05, 0) is 74.2 Å². The second-order valence-electron chi connectivity index (χ2n) is 9.39. The summed E-state index contributed by atoms with van der Waals surface area (Å²) in [6, 6.07) is 19.4. The Morgan fingerprint density at radius 2 is 1.73 bits per heavy atom. The average Bonchev–Trinajstić information content (AvgIpc) is 3.33. The maximum absolute atomic E-state index is 13.6. The fourth-order valence-corrected chi connectivity index (χ4v) is 4.31. The Labute approximate surface area is 225 Å². The highest BCUT2D eigenvalue weighted by atomic mass is 35.5. The first kappa shape index (κ1) is 28.3. The first-order valence-corrected chi connectivity index (χ1v) is 13.3. The number of ether oxygens (including phenoxy) is 1. The van der Waals surface area contributed by atoms with E-state index in [9.17, 15) is 9.59 Å². The fourth-order valence-electron chi connectivity index (χ4n) is 4.19. The van der Waals surface area contributed by atoms with E-state index in [1.165, 1.54) is 11.1 Å². The summed E-state index contributed by atoms with van der Waals surface area (Å²) >= 11 is 5.92. The standard InChI is InChI=1S/C30H38ClN3O3/c1-5-17-33(30(36)22-37-28-15-13-26(31)14-16-28)21-29(35)34(24(4)6-2)20-27-12-9-18-32(27)19-25-11-8-7-10-23(25)3/h7-16,18,24H,5-6,17,19-22H2,1-4H3. The van der Waals surface area contributed by atoms with Crippen LogP contribution in [-0.2, 0) is 22.7 Å². The lowest BCUT2D eigenvalue weighted by Gasteiger charge is -2.32. The predicted molar refractivity (Wildman–Crippen MR) is 149 cm³/mol. The highest BCUT2D eigenvalue weighted by Gasteiger charge is 2.25. The molecule has 0 saturated carbocycles. The lowest BCUT2D eigenvalue weighted by molar-refractivity contribution is -0.143. The Morgan fingerprint density at radius 3 is 2.41 bits per heavy atom. The molecule has 0 bridgehead atoms. The number of halogens is 1. The molecule has 2 amide bonds. The van der Waals surface area contributed by atoms with Crippen LogP contribution in [0.4, 0.5) is 0 Å². The molecule has 3 aromatic rings. The summed E-state index contributed by atoms with van der Waals surface area (Å²) in [5, 5.41) is 0.604. The lowest BCUT2D eigenvalue weighted by Crippen LogP contribution is -2.47. The van der Waals surface area contributed by atoms with Gasteiger partial charge in [0.05, 0.1) is 13.1 Å². The van der Waals surface area contributed by atoms with E-state index < -0.39 is 0 Å². The molecule has 0 N–H and O–H groups in total. The molecule has 0 fully saturated rings. The van der Waals surface area contributed by atoms with Gasteiger partial charge in [0.25, 0.3) is 5.91 Å². The van der Waals surface area contributed by atoms with Crippen molar-refractivity contribution in [2.45, 2.75) is 59.7 Å². The van der Waals surface area contributed by atoms with E-state index in [1.807, 2.05) is 24.0 Å². The van der Waals surface area contributed by atoms with Gasteiger partial charge in [0, 0.05) is 36.0 Å². The summed E-state index contributed by atoms with van der Waals surface area (Å²) in [4.78, 5) is 30.0. The Bertz CT molecular complexity index is 1160. The Kier molecular flexibility index (Phi) is 10.6. The van der Waals surface area contributed by atoms with Crippen molar-refractivity contribution in [2.24, 2.45) is 0 Å². The summed E-state index contributed by atoms with van der Waals surface area (Å²) in [6.45, 7) is 9.87. The van der Waals surface area contributed by atoms with Crippen molar-refractivity contribution in [3.8, 4) is 5.75 Å². The number of amides is 2. The zero-order valence-electron chi connectivity index (χ0n) is 22.3. The predicted octanol–water partition coefficient (Wildman–Crippen LogP) is 5.94. The molecule has 2 aromatic carbocycles. The van der Waals surface area contributed by atoms with Crippen LogP contribution >= 0.6 is 11.6 Å². The molecule has 1 heterocycles. The van der Waals surface area contributed by atoms with Crippen molar-refractivity contribution in [2.75, 3.05) is 19.7 Å². The fraction of sp³-hybridized carbons (Fsp3) is 0.400. The minimum atomic E-state index is -0.211. The SMILES string of the molecule is CCCN(CC(=O)N(Cc1cccn1Cc1ccccc1C)C(C)CC)C(=O)COc1ccc(Cl)cc1. The van der Waals surface area contributed by atoms with Crippen molar-refractivity contribution in [1.82, 2.24) is 14.4 Å². The van der Waals surface area contributed by atoms with Crippen LogP contribution < -0.4 is 4.74 Å². The third-order valence-electron chi connectivity index (χ3n) is 6.65. The smallest absolute Gasteiger partial charge is 0.260 e. The summed E-state index contributed by atoms with van der Waals surface area (Å²) in [5.41, 5.74) is 3.56. The van der Waals surface area contributed by atoms with Crippen LogP contribution in [0.2, 0.25) is 5.02 Å². The molecule has 1 unspecified atom stereocenters. The normalized spacial score (nSPS) is 11.7. The monoisotopic (exact) mass is 523 g/mol. The largest absolute Gasteiger partial charge is 0.484 e. The number of nitrogens with zero attached hydrogens (tertiary/aromatic N) is 3. The molecule has 0 aliphatic rings. The minimum absolute atomic E-state index is 0.0273. The van der Waals surface area contributed by atoms with Crippen molar-refractivity contribution in [3.05, 3.63) is 88.7 Å². The van der Waals surface area contributed by atoms with Gasteiger partial charge in [-0.3, -0.25) is 9.59 Å². The molecular weight excluding hydrogens is 486 g/mol. The molecular formula is C30H38ClN3O3. The third-order valence-corrected chi connectivity index (χ3v) is 6.90. The van der Waals surface area contributed by atoms with Gasteiger partial charge >= 0.3 is 0 Å². The molecule has 0 spiro atoms. The molecule has 1 atom stereocenters. The van der Waals surface area contributed by atoms with Crippen LogP contribution in [0.25, 0.3) is 0 Å². The second kappa shape index (κ2) is 13.9. The highest BCUT2D eigenvalue weighted by molar-refractivity contribution is 6.30. The number of carbonyl (C=O) groups is 2. The van der Waals surface area contributed by atoms with Gasteiger partial charge in [-0.2, -0.15) is 0 Å². The molecule has 0 aliphatic carbocycles. The number of aryl methyl sites for hydroxylation is 1. The van der Waals surface area contributed by atoms with Crippen LogP contribution in [0.3, 0.4) is 0 Å². The van der Waals surface area contributed by atoms with Crippen LogP contribution in [-0.4, -0.2) is 51.9 Å². The number of hydrogen-bond acceptors (Lipinski definition) is 3. The molecule has 37 heavy (non-hydrogen) atoms. The number of rotatable bonds is 13. The van der Waals surface area contributed by atoms with Crippen molar-refractivity contribution in [3.63, 3.8) is 0 Å². The van der Waals surface area contributed by atoms with E-state index in [1.54, 1.807) is 29.2 Å². The van der Waals surface area contributed by atoms with Crippen LogP contribution in [0.5, 0.6) is 5.75 Å². The first-order chi connectivity index (χ1) is 17.8. The highest BCUT2D eigenvalue weighted by Crippen LogP contribution is 2.18. The Hall–Kier alpha value is -3.25. The van der Waals surface area contributed by atoms with Crippen LogP contribution in [0.15, 0.2) is 66.9 Å². The van der Waals surface area contributed by atoms with E-state index in [-0.39, 0.29) is 31.0 Å². The summed E-state index contributed by atoms with van der Waals surface area (Å²) in [6.07, 6.45) is 3.64. The number of benzene rings is 2. The van der Waals surface area contributed by atoms with E-state index >= 15 is 0 Å². The van der Waals surface area contributed by atoms with Crippen LogP contribution in [0.1, 0.15) is 50.4 Å². The summed E-state index contributed by atoms with van der Waals surface area (Å²) in [7, 11) is 0. The van der Waals surface area contributed by atoms with Crippen LogP contribution in [0, 0.1) is 6.92 Å². The van der Waals surface area contributed by atoms with E-state index in [0.717, 1.165) is 25.1 Å². The maximum atomic E-state index is 13.6. The van der Waals surface area contributed by atoms with E-state index in [0.29, 0.717) is 23.9 Å². The zero-order valence-corrected chi connectivity index (χ0v) is 23.1. The summed E-state index contributed by atoms with van der Waals surface area (Å²) < 4.78 is 7.84. The quantitative estimate of drug-likeness (QED) is 0.278. The van der Waals surface area contributed by atoms with Gasteiger partial charge in [-0.1, -0.05) is 49.7 Å². The van der Waals surface area contributed by atoms with Crippen molar-refractivity contribution in [1.29, 1.82) is 0 Å². The van der Waals surface area contributed by atoms with E-state index in [2.05, 4.69) is 55.8 Å². The first-order valence-electron chi connectivity index (χ1n) is 13.0. The number of aromatic nitrogens is 1. The van der Waals surface area contributed by atoms with Gasteiger partial charge in [0.1, 0.15) is 5.75 Å². The molecule has 7 heteroatoms. The third kappa shape index (κ3) is 8.12. The average molecular weight is 524 g/mol. The molecule has 0 radical (unpaired) electrons. The number of carbonyl (C=O) groups excluding carboxylic acids is 2. The molecule has 6 nitrogen and oxygen atoms in total. The molecule has 3 rings (SSSR count). The lowest BCUT2D eigenvalue weighted by atomic mass is 10.1. The zero-order chi connectivity index (χ0) is 26.8. The second-order valence-corrected chi connectivity index (χ2v) is 9.83. The molecule has 0 saturated heterocycles. The van der Waals surface area contributed by atoms with Gasteiger partial charge in [-0.15, -0.1) is 0 Å². The van der Waals surface area contributed by atoms with Gasteiger partial charge in [0.2, 0.25) is 5.91 Å². The van der Waals surface area contributed by atoms with Gasteiger partial charge in [-0.25, -0.2) is 0 Å². The van der Waals surface area contributed by atoms with Crippen molar-refractivity contribution < 1.29 is 14.3 Å². The van der Waals surface area contributed by atoms with E-state index in [4.69, 9.17) is 16.3 Å². The molecule has 198 valence electrons. The molecule has 1 aromatic heterocycles. The molecule has 0 aliphatic heterocycles. The topological polar surface area (TPSA) is 54.8 Å². The maximum Gasteiger partial charge on any atom is 0.260 e. The Balaban J connectivity index is 1.69. The van der Waals surface area contributed by atoms with Crippen molar-refractivity contribution >= 4 is 23.4 Å².